The first-order chi connectivity index (χ1) is 7.49. The zero-order chi connectivity index (χ0) is 12.1. The van der Waals surface area contributed by atoms with Crippen LogP contribution in [0.1, 0.15) is 17.3 Å². The summed E-state index contributed by atoms with van der Waals surface area (Å²) in [5.41, 5.74) is 0.608. The first-order valence-corrected chi connectivity index (χ1v) is 7.37. The van der Waals surface area contributed by atoms with Gasteiger partial charge in [-0.3, -0.25) is 9.00 Å². The second kappa shape index (κ2) is 6.15. The topological polar surface area (TPSA) is 46.2 Å². The summed E-state index contributed by atoms with van der Waals surface area (Å²) in [4.78, 5) is 11.7. The lowest BCUT2D eigenvalue weighted by atomic mass is 10.2. The molecule has 0 bridgehead atoms. The lowest BCUT2D eigenvalue weighted by molar-refractivity contribution is 0.0943. The van der Waals surface area contributed by atoms with Gasteiger partial charge in [0.2, 0.25) is 0 Å². The van der Waals surface area contributed by atoms with Gasteiger partial charge in [0.15, 0.2) is 0 Å². The Kier molecular flexibility index (Phi) is 5.15. The second-order valence-corrected chi connectivity index (χ2v) is 6.02. The lowest BCUT2D eigenvalue weighted by Gasteiger charge is -2.12. The molecule has 0 spiro atoms. The van der Waals surface area contributed by atoms with Crippen LogP contribution in [0.25, 0.3) is 0 Å². The van der Waals surface area contributed by atoms with Crippen LogP contribution in [0.4, 0.5) is 0 Å². The van der Waals surface area contributed by atoms with Gasteiger partial charge < -0.3 is 5.32 Å². The maximum Gasteiger partial charge on any atom is 0.251 e. The molecule has 0 aliphatic carbocycles. The molecule has 1 rings (SSSR count). The fourth-order valence-electron chi connectivity index (χ4n) is 1.30. The van der Waals surface area contributed by atoms with E-state index in [1.807, 2.05) is 19.1 Å². The van der Waals surface area contributed by atoms with Crippen molar-refractivity contribution in [2.24, 2.45) is 0 Å². The zero-order valence-corrected chi connectivity index (χ0v) is 11.6. The number of carbonyl (C=O) groups excluding carboxylic acids is 1. The van der Waals surface area contributed by atoms with E-state index >= 15 is 0 Å². The van der Waals surface area contributed by atoms with E-state index in [1.165, 1.54) is 0 Å². The summed E-state index contributed by atoms with van der Waals surface area (Å²) < 4.78 is 11.9. The van der Waals surface area contributed by atoms with Crippen molar-refractivity contribution in [1.82, 2.24) is 5.32 Å². The Morgan fingerprint density at radius 1 is 1.44 bits per heavy atom. The van der Waals surface area contributed by atoms with E-state index in [2.05, 4.69) is 21.2 Å². The first kappa shape index (κ1) is 13.4. The molecule has 1 amide bonds. The van der Waals surface area contributed by atoms with Crippen molar-refractivity contribution in [2.45, 2.75) is 13.0 Å². The van der Waals surface area contributed by atoms with Crippen molar-refractivity contribution in [1.29, 1.82) is 0 Å². The molecule has 2 unspecified atom stereocenters. The maximum atomic E-state index is 11.7. The Morgan fingerprint density at radius 2 is 2.00 bits per heavy atom. The van der Waals surface area contributed by atoms with Crippen molar-refractivity contribution in [3.63, 3.8) is 0 Å². The number of benzene rings is 1. The molecule has 1 aromatic carbocycles. The first-order valence-electron chi connectivity index (χ1n) is 4.85. The third kappa shape index (κ3) is 4.45. The molecule has 0 heterocycles. The summed E-state index contributed by atoms with van der Waals surface area (Å²) in [5, 5.41) is 2.80. The molecule has 0 fully saturated rings. The summed E-state index contributed by atoms with van der Waals surface area (Å²) in [6, 6.07) is 7.04. The number of hydrogen-bond donors (Lipinski definition) is 1. The van der Waals surface area contributed by atoms with Crippen LogP contribution in [0, 0.1) is 0 Å². The van der Waals surface area contributed by atoms with Gasteiger partial charge in [-0.1, -0.05) is 15.9 Å². The van der Waals surface area contributed by atoms with Crippen molar-refractivity contribution in [3.05, 3.63) is 34.3 Å². The predicted molar refractivity (Wildman–Crippen MR) is 70.0 cm³/mol. The maximum absolute atomic E-state index is 11.7. The van der Waals surface area contributed by atoms with E-state index in [1.54, 1.807) is 18.4 Å². The monoisotopic (exact) mass is 303 g/mol. The van der Waals surface area contributed by atoms with Gasteiger partial charge >= 0.3 is 0 Å². The molecule has 0 aromatic heterocycles. The molecule has 0 saturated heterocycles. The largest absolute Gasteiger partial charge is 0.349 e. The lowest BCUT2D eigenvalue weighted by Crippen LogP contribution is -2.36. The number of nitrogens with one attached hydrogen (secondary N) is 1. The average Bonchev–Trinajstić information content (AvgIpc) is 2.16. The van der Waals surface area contributed by atoms with Gasteiger partial charge in [-0.05, 0) is 31.2 Å². The summed E-state index contributed by atoms with van der Waals surface area (Å²) in [6.07, 6.45) is 1.63. The van der Waals surface area contributed by atoms with E-state index in [4.69, 9.17) is 0 Å². The minimum Gasteiger partial charge on any atom is -0.349 e. The van der Waals surface area contributed by atoms with E-state index in [0.717, 1.165) is 4.47 Å². The highest BCUT2D eigenvalue weighted by molar-refractivity contribution is 9.10. The highest BCUT2D eigenvalue weighted by Gasteiger charge is 2.10. The van der Waals surface area contributed by atoms with Crippen LogP contribution in [0.2, 0.25) is 0 Å². The molecule has 0 aliphatic rings. The highest BCUT2D eigenvalue weighted by Crippen LogP contribution is 2.10. The molecule has 0 aliphatic heterocycles. The second-order valence-electron chi connectivity index (χ2n) is 3.62. The van der Waals surface area contributed by atoms with Crippen LogP contribution in [0.5, 0.6) is 0 Å². The van der Waals surface area contributed by atoms with Crippen molar-refractivity contribution in [2.75, 3.05) is 12.0 Å². The Bertz CT molecular complexity index is 391. The van der Waals surface area contributed by atoms with Gasteiger partial charge in [0, 0.05) is 38.9 Å². The molecule has 1 N–H and O–H groups in total. The Hall–Kier alpha value is -0.680. The van der Waals surface area contributed by atoms with Gasteiger partial charge in [-0.15, -0.1) is 0 Å². The summed E-state index contributed by atoms with van der Waals surface area (Å²) in [6.45, 7) is 1.85. The average molecular weight is 304 g/mol. The van der Waals surface area contributed by atoms with Crippen LogP contribution >= 0.6 is 15.9 Å². The molecule has 2 atom stereocenters. The van der Waals surface area contributed by atoms with E-state index < -0.39 is 10.8 Å². The smallest absolute Gasteiger partial charge is 0.251 e. The molecule has 3 nitrogen and oxygen atoms in total. The van der Waals surface area contributed by atoms with E-state index in [9.17, 15) is 9.00 Å². The summed E-state index contributed by atoms with van der Waals surface area (Å²) in [7, 11) is -0.894. The molecule has 1 aromatic rings. The van der Waals surface area contributed by atoms with E-state index in [-0.39, 0.29) is 11.9 Å². The quantitative estimate of drug-likeness (QED) is 0.924. The van der Waals surface area contributed by atoms with Crippen molar-refractivity contribution >= 4 is 32.6 Å². The number of hydrogen-bond acceptors (Lipinski definition) is 2. The predicted octanol–water partition coefficient (Wildman–Crippen LogP) is 1.95. The van der Waals surface area contributed by atoms with Crippen molar-refractivity contribution in [3.8, 4) is 0 Å². The molecule has 88 valence electrons. The van der Waals surface area contributed by atoms with Crippen LogP contribution < -0.4 is 5.32 Å². The Labute approximate surface area is 106 Å². The molecular formula is C11H14BrNO2S. The molecule has 0 radical (unpaired) electrons. The SMILES string of the molecule is CC(CS(C)=O)NC(=O)c1ccc(Br)cc1. The molecule has 5 heteroatoms. The minimum atomic E-state index is -0.894. The van der Waals surface area contributed by atoms with Gasteiger partial charge in [0.1, 0.15) is 0 Å². The molecule has 16 heavy (non-hydrogen) atoms. The Balaban J connectivity index is 2.58. The normalized spacial score (nSPS) is 14.2. The zero-order valence-electron chi connectivity index (χ0n) is 9.20. The third-order valence-electron chi connectivity index (χ3n) is 1.97. The molecular weight excluding hydrogens is 290 g/mol. The van der Waals surface area contributed by atoms with Crippen LogP contribution in [0.3, 0.4) is 0 Å². The fraction of sp³-hybridized carbons (Fsp3) is 0.364. The summed E-state index contributed by atoms with van der Waals surface area (Å²) in [5.74, 6) is 0.341. The van der Waals surface area contributed by atoms with E-state index in [0.29, 0.717) is 11.3 Å². The van der Waals surface area contributed by atoms with Crippen LogP contribution in [-0.4, -0.2) is 28.2 Å². The van der Waals surface area contributed by atoms with Crippen molar-refractivity contribution < 1.29 is 9.00 Å². The van der Waals surface area contributed by atoms with Crippen LogP contribution in [-0.2, 0) is 10.8 Å². The number of carbonyl (C=O) groups is 1. The molecule has 0 saturated carbocycles. The highest BCUT2D eigenvalue weighted by atomic mass is 79.9. The number of halogens is 1. The Morgan fingerprint density at radius 3 is 2.50 bits per heavy atom. The number of amides is 1. The van der Waals surface area contributed by atoms with Gasteiger partial charge in [0.25, 0.3) is 5.91 Å². The number of rotatable bonds is 4. The van der Waals surface area contributed by atoms with Gasteiger partial charge in [-0.25, -0.2) is 0 Å². The standard InChI is InChI=1S/C11H14BrNO2S/c1-8(7-16(2)15)13-11(14)9-3-5-10(12)6-4-9/h3-6,8H,7H2,1-2H3,(H,13,14). The van der Waals surface area contributed by atoms with Crippen LogP contribution in [0.15, 0.2) is 28.7 Å². The third-order valence-corrected chi connectivity index (χ3v) is 3.47. The minimum absolute atomic E-state index is 0.0815. The summed E-state index contributed by atoms with van der Waals surface area (Å²) >= 11 is 3.31. The van der Waals surface area contributed by atoms with Gasteiger partial charge in [0.05, 0.1) is 0 Å². The fourth-order valence-corrected chi connectivity index (χ4v) is 2.35. The van der Waals surface area contributed by atoms with Gasteiger partial charge in [-0.2, -0.15) is 0 Å².